The quantitative estimate of drug-likeness (QED) is 0.565. The molecule has 0 aliphatic rings. The van der Waals surface area contributed by atoms with Gasteiger partial charge in [0.2, 0.25) is 0 Å². The third-order valence-electron chi connectivity index (χ3n) is 2.20. The number of carboxylic acids is 1. The average molecular weight is 288 g/mol. The number of aromatic carboxylic acids is 1. The van der Waals surface area contributed by atoms with Gasteiger partial charge in [-0.25, -0.2) is 9.78 Å². The van der Waals surface area contributed by atoms with E-state index < -0.39 is 5.97 Å². The van der Waals surface area contributed by atoms with Gasteiger partial charge in [-0.15, -0.1) is 0 Å². The van der Waals surface area contributed by atoms with Gasteiger partial charge in [0.1, 0.15) is 4.88 Å². The minimum atomic E-state index is -1.16. The summed E-state index contributed by atoms with van der Waals surface area (Å²) in [7, 11) is 0. The monoisotopic (exact) mass is 288 g/mol. The van der Waals surface area contributed by atoms with Crippen LogP contribution in [-0.2, 0) is 0 Å². The van der Waals surface area contributed by atoms with Crippen molar-refractivity contribution < 1.29 is 14.7 Å². The molecule has 0 atom stereocenters. The Kier molecular flexibility index (Phi) is 6.14. The summed E-state index contributed by atoms with van der Waals surface area (Å²) < 4.78 is 0. The van der Waals surface area contributed by atoms with Crippen LogP contribution in [-0.4, -0.2) is 40.4 Å². The molecule has 0 unspecified atom stereocenters. The molecule has 18 heavy (non-hydrogen) atoms. The first-order chi connectivity index (χ1) is 8.56. The predicted octanol–water partition coefficient (Wildman–Crippen LogP) is 2.60. The van der Waals surface area contributed by atoms with Gasteiger partial charge in [0.25, 0.3) is 0 Å². The molecule has 0 aromatic carbocycles. The second-order valence-corrected chi connectivity index (χ2v) is 5.67. The third kappa shape index (κ3) is 4.30. The molecule has 7 heteroatoms. The Hall–Kier alpha value is -1.08. The lowest BCUT2D eigenvalue weighted by Crippen LogP contribution is -2.05. The number of Topliss-reactive ketones (excluding diaryl/α,β-unsaturated/α-hetero) is 1. The summed E-state index contributed by atoms with van der Waals surface area (Å²) in [5, 5.41) is 12.5. The van der Waals surface area contributed by atoms with Crippen LogP contribution in [0.25, 0.3) is 0 Å². The van der Waals surface area contributed by atoms with Crippen molar-refractivity contribution in [3.8, 4) is 0 Å². The molecule has 0 aliphatic carbocycles. The lowest BCUT2D eigenvalue weighted by Gasteiger charge is -2.00. The fourth-order valence-electron chi connectivity index (χ4n) is 1.35. The van der Waals surface area contributed by atoms with E-state index in [2.05, 4.69) is 16.6 Å². The van der Waals surface area contributed by atoms with Crippen LogP contribution in [0.4, 0.5) is 5.13 Å². The van der Waals surface area contributed by atoms with Gasteiger partial charge >= 0.3 is 5.97 Å². The molecule has 0 aliphatic heterocycles. The molecule has 2 N–H and O–H groups in total. The number of aromatic nitrogens is 1. The van der Waals surface area contributed by atoms with E-state index >= 15 is 0 Å². The van der Waals surface area contributed by atoms with E-state index in [1.165, 1.54) is 6.92 Å². The smallest absolute Gasteiger partial charge is 0.356 e. The standard InChI is InChI=1S/C11H16N2O3S2/c1-7(14)9-8(10(15)16)13-11(18-9)12-5-3-4-6-17-2/h3-6H2,1-2H3,(H,12,13)(H,15,16). The summed E-state index contributed by atoms with van der Waals surface area (Å²) in [6, 6.07) is 0. The van der Waals surface area contributed by atoms with E-state index in [-0.39, 0.29) is 16.4 Å². The van der Waals surface area contributed by atoms with Gasteiger partial charge in [-0.1, -0.05) is 11.3 Å². The first kappa shape index (κ1) is 15.0. The Balaban J connectivity index is 2.59. The number of nitrogens with zero attached hydrogens (tertiary/aromatic N) is 1. The molecule has 5 nitrogen and oxygen atoms in total. The molecule has 0 saturated carbocycles. The normalized spacial score (nSPS) is 10.3. The highest BCUT2D eigenvalue weighted by atomic mass is 32.2. The van der Waals surface area contributed by atoms with Gasteiger partial charge in [-0.05, 0) is 24.9 Å². The average Bonchev–Trinajstić information content (AvgIpc) is 2.73. The number of carboxylic acid groups (broad SMARTS) is 1. The molecule has 0 saturated heterocycles. The van der Waals surface area contributed by atoms with Crippen LogP contribution >= 0.6 is 23.1 Å². The lowest BCUT2D eigenvalue weighted by molar-refractivity contribution is 0.0687. The summed E-state index contributed by atoms with van der Waals surface area (Å²) in [5.41, 5.74) is -0.154. The molecule has 1 aromatic rings. The first-order valence-corrected chi connectivity index (χ1v) is 7.75. The van der Waals surface area contributed by atoms with Crippen LogP contribution in [0.2, 0.25) is 0 Å². The number of anilines is 1. The number of nitrogens with one attached hydrogen (secondary N) is 1. The number of hydrogen-bond donors (Lipinski definition) is 2. The Bertz CT molecular complexity index is 400. The highest BCUT2D eigenvalue weighted by Gasteiger charge is 2.20. The SMILES string of the molecule is CSCCCCNc1nc(C(=O)O)c(C(C)=O)s1. The van der Waals surface area contributed by atoms with Crippen molar-refractivity contribution in [3.63, 3.8) is 0 Å². The predicted molar refractivity (Wildman–Crippen MR) is 75.2 cm³/mol. The van der Waals surface area contributed by atoms with E-state index in [4.69, 9.17) is 5.11 Å². The van der Waals surface area contributed by atoms with Crippen molar-refractivity contribution in [2.75, 3.05) is 23.9 Å². The Morgan fingerprint density at radius 1 is 1.44 bits per heavy atom. The largest absolute Gasteiger partial charge is 0.476 e. The van der Waals surface area contributed by atoms with Gasteiger partial charge < -0.3 is 10.4 Å². The topological polar surface area (TPSA) is 79.3 Å². The van der Waals surface area contributed by atoms with Crippen molar-refractivity contribution in [1.82, 2.24) is 4.98 Å². The molecule has 0 bridgehead atoms. The van der Waals surface area contributed by atoms with Gasteiger partial charge in [-0.2, -0.15) is 11.8 Å². The van der Waals surface area contributed by atoms with Crippen LogP contribution in [0.15, 0.2) is 0 Å². The van der Waals surface area contributed by atoms with Crippen LogP contribution in [0.5, 0.6) is 0 Å². The van der Waals surface area contributed by atoms with Gasteiger partial charge in [0.15, 0.2) is 16.6 Å². The molecule has 0 spiro atoms. The molecule has 1 aromatic heterocycles. The molecule has 100 valence electrons. The van der Waals surface area contributed by atoms with Crippen LogP contribution in [0.3, 0.4) is 0 Å². The van der Waals surface area contributed by atoms with Crippen molar-refractivity contribution in [2.24, 2.45) is 0 Å². The van der Waals surface area contributed by atoms with Crippen LogP contribution in [0.1, 0.15) is 39.9 Å². The maximum absolute atomic E-state index is 11.3. The number of hydrogen-bond acceptors (Lipinski definition) is 6. The van der Waals surface area contributed by atoms with E-state index in [1.807, 2.05) is 0 Å². The number of thioether (sulfide) groups is 1. The van der Waals surface area contributed by atoms with E-state index in [0.717, 1.165) is 36.5 Å². The molecule has 0 amide bonds. The highest BCUT2D eigenvalue weighted by molar-refractivity contribution is 7.98. The molecule has 1 rings (SSSR count). The number of unbranched alkanes of at least 4 members (excludes halogenated alkanes) is 1. The highest BCUT2D eigenvalue weighted by Crippen LogP contribution is 2.23. The number of ketones is 1. The molecular weight excluding hydrogens is 272 g/mol. The Labute approximate surface area is 114 Å². The summed E-state index contributed by atoms with van der Waals surface area (Å²) >= 11 is 2.90. The van der Waals surface area contributed by atoms with E-state index in [9.17, 15) is 9.59 Å². The Morgan fingerprint density at radius 2 is 2.17 bits per heavy atom. The van der Waals surface area contributed by atoms with E-state index in [1.54, 1.807) is 11.8 Å². The summed E-state index contributed by atoms with van der Waals surface area (Å²) in [4.78, 5) is 26.3. The zero-order valence-electron chi connectivity index (χ0n) is 10.4. The van der Waals surface area contributed by atoms with Gasteiger partial charge in [0.05, 0.1) is 0 Å². The molecule has 1 heterocycles. The minimum Gasteiger partial charge on any atom is -0.476 e. The minimum absolute atomic E-state index is 0.154. The fraction of sp³-hybridized carbons (Fsp3) is 0.545. The zero-order valence-corrected chi connectivity index (χ0v) is 12.0. The first-order valence-electron chi connectivity index (χ1n) is 5.54. The fourth-order valence-corrected chi connectivity index (χ4v) is 2.72. The van der Waals surface area contributed by atoms with Crippen molar-refractivity contribution in [1.29, 1.82) is 0 Å². The number of rotatable bonds is 8. The number of carbonyl (C=O) groups is 2. The second kappa shape index (κ2) is 7.38. The third-order valence-corrected chi connectivity index (χ3v) is 4.01. The van der Waals surface area contributed by atoms with Crippen molar-refractivity contribution >= 4 is 40.0 Å². The maximum Gasteiger partial charge on any atom is 0.356 e. The summed E-state index contributed by atoms with van der Waals surface area (Å²) in [6.07, 6.45) is 4.16. The van der Waals surface area contributed by atoms with Gasteiger partial charge in [-0.3, -0.25) is 4.79 Å². The maximum atomic E-state index is 11.3. The molecule has 0 radical (unpaired) electrons. The number of carbonyl (C=O) groups excluding carboxylic acids is 1. The van der Waals surface area contributed by atoms with Crippen molar-refractivity contribution in [2.45, 2.75) is 19.8 Å². The summed E-state index contributed by atoms with van der Waals surface area (Å²) in [5.74, 6) is -0.314. The molecule has 0 fully saturated rings. The lowest BCUT2D eigenvalue weighted by atomic mass is 10.3. The Morgan fingerprint density at radius 3 is 2.67 bits per heavy atom. The number of thiazole rings is 1. The van der Waals surface area contributed by atoms with Crippen LogP contribution in [0, 0.1) is 0 Å². The summed E-state index contributed by atoms with van der Waals surface area (Å²) in [6.45, 7) is 2.09. The van der Waals surface area contributed by atoms with Gasteiger partial charge in [0, 0.05) is 13.5 Å². The van der Waals surface area contributed by atoms with E-state index in [0.29, 0.717) is 5.13 Å². The molecular formula is C11H16N2O3S2. The van der Waals surface area contributed by atoms with Crippen LogP contribution < -0.4 is 5.32 Å². The van der Waals surface area contributed by atoms with Crippen molar-refractivity contribution in [3.05, 3.63) is 10.6 Å². The second-order valence-electron chi connectivity index (χ2n) is 3.68. The zero-order chi connectivity index (χ0) is 13.5.